The molecule has 0 bridgehead atoms. The summed E-state index contributed by atoms with van der Waals surface area (Å²) in [6, 6.07) is 22.9. The molecule has 146 valence electrons. The first-order valence-electron chi connectivity index (χ1n) is 9.79. The molecule has 0 N–H and O–H groups in total. The second-order valence-corrected chi connectivity index (χ2v) is 8.75. The zero-order valence-electron chi connectivity index (χ0n) is 16.0. The maximum Gasteiger partial charge on any atom is 0.213 e. The van der Waals surface area contributed by atoms with Crippen LogP contribution < -0.4 is 4.74 Å². The predicted molar refractivity (Wildman–Crippen MR) is 121 cm³/mol. The summed E-state index contributed by atoms with van der Waals surface area (Å²) < 4.78 is 7.45. The van der Waals surface area contributed by atoms with E-state index in [0.29, 0.717) is 5.02 Å². The molecular weight excluding hydrogens is 448 g/mol. The predicted octanol–water partition coefficient (Wildman–Crippen LogP) is 6.91. The van der Waals surface area contributed by atoms with Crippen LogP contribution in [0, 0.1) is 0 Å². The molecule has 2 aliphatic rings. The highest BCUT2D eigenvalue weighted by Crippen LogP contribution is 2.48. The third-order valence-electron chi connectivity index (χ3n) is 5.60. The molecule has 2 atom stereocenters. The monoisotopic (exact) mass is 466 g/mol. The van der Waals surface area contributed by atoms with Gasteiger partial charge in [-0.05, 0) is 47.9 Å². The first-order valence-corrected chi connectivity index (χ1v) is 11.0. The maximum absolute atomic E-state index is 6.40. The maximum atomic E-state index is 6.40. The van der Waals surface area contributed by atoms with Gasteiger partial charge in [0.05, 0.1) is 11.8 Å². The number of fused-ring (bicyclic) bond motifs is 3. The van der Waals surface area contributed by atoms with Gasteiger partial charge < -0.3 is 4.74 Å². The van der Waals surface area contributed by atoms with Crippen molar-refractivity contribution in [2.75, 3.05) is 0 Å². The van der Waals surface area contributed by atoms with Crippen LogP contribution in [-0.2, 0) is 6.42 Å². The Morgan fingerprint density at radius 3 is 2.55 bits per heavy atom. The normalized spacial score (nSPS) is 20.0. The minimum absolute atomic E-state index is 0.137. The molecule has 3 aromatic rings. The molecule has 29 heavy (non-hydrogen) atoms. The molecular formula is C24H20BrClN2O. The minimum Gasteiger partial charge on any atom is -0.464 e. The van der Waals surface area contributed by atoms with Gasteiger partial charge in [-0.3, -0.25) is 0 Å². The van der Waals surface area contributed by atoms with Crippen LogP contribution in [-0.4, -0.2) is 10.7 Å². The number of benzene rings is 3. The van der Waals surface area contributed by atoms with Crippen molar-refractivity contribution in [1.29, 1.82) is 0 Å². The van der Waals surface area contributed by atoms with Gasteiger partial charge in [-0.15, -0.1) is 0 Å². The van der Waals surface area contributed by atoms with Gasteiger partial charge in [-0.1, -0.05) is 70.9 Å². The van der Waals surface area contributed by atoms with Gasteiger partial charge in [0.1, 0.15) is 5.75 Å². The molecule has 3 aromatic carbocycles. The fourth-order valence-electron chi connectivity index (χ4n) is 4.01. The molecule has 0 amide bonds. The molecule has 0 aromatic heterocycles. The van der Waals surface area contributed by atoms with Gasteiger partial charge in [0.25, 0.3) is 0 Å². The highest BCUT2D eigenvalue weighted by Gasteiger charge is 2.41. The quantitative estimate of drug-likeness (QED) is 0.418. The first-order chi connectivity index (χ1) is 14.1. The Morgan fingerprint density at radius 1 is 1.07 bits per heavy atom. The number of hydrazone groups is 1. The standard InChI is InChI=1S/C24H20BrClN2O/c1-2-15-3-5-16(6-4-15)21-14-22-20-13-18(25)9-12-23(20)29-24(28(22)27-21)17-7-10-19(26)11-8-17/h3-13,22,24H,2,14H2,1H3/t22-,24+/m1/s1. The Hall–Kier alpha value is -2.30. The number of rotatable bonds is 3. The first kappa shape index (κ1) is 18.7. The molecule has 0 saturated heterocycles. The van der Waals surface area contributed by atoms with Crippen LogP contribution in [0.3, 0.4) is 0 Å². The van der Waals surface area contributed by atoms with Crippen molar-refractivity contribution in [3.05, 3.63) is 98.5 Å². The molecule has 0 radical (unpaired) electrons. The van der Waals surface area contributed by atoms with Crippen molar-refractivity contribution in [2.24, 2.45) is 5.10 Å². The summed E-state index contributed by atoms with van der Waals surface area (Å²) in [5.74, 6) is 0.909. The average molecular weight is 468 g/mol. The van der Waals surface area contributed by atoms with Crippen LogP contribution in [0.2, 0.25) is 5.02 Å². The summed E-state index contributed by atoms with van der Waals surface area (Å²) >= 11 is 9.71. The van der Waals surface area contributed by atoms with Crippen molar-refractivity contribution in [3.8, 4) is 5.75 Å². The van der Waals surface area contributed by atoms with E-state index < -0.39 is 0 Å². The van der Waals surface area contributed by atoms with Gasteiger partial charge in [0.2, 0.25) is 6.23 Å². The van der Waals surface area contributed by atoms with Gasteiger partial charge in [-0.2, -0.15) is 5.10 Å². The van der Waals surface area contributed by atoms with Crippen LogP contribution >= 0.6 is 27.5 Å². The second kappa shape index (κ2) is 7.51. The summed E-state index contributed by atoms with van der Waals surface area (Å²) in [6.07, 6.45) is 1.61. The van der Waals surface area contributed by atoms with E-state index in [2.05, 4.69) is 58.2 Å². The molecule has 2 heterocycles. The zero-order chi connectivity index (χ0) is 20.0. The fraction of sp³-hybridized carbons (Fsp3) is 0.208. The lowest BCUT2D eigenvalue weighted by atomic mass is 9.95. The fourth-order valence-corrected chi connectivity index (χ4v) is 4.52. The summed E-state index contributed by atoms with van der Waals surface area (Å²) in [4.78, 5) is 0. The number of halogens is 2. The van der Waals surface area contributed by atoms with Gasteiger partial charge in [0, 0.05) is 27.0 Å². The van der Waals surface area contributed by atoms with Crippen LogP contribution in [0.4, 0.5) is 0 Å². The SMILES string of the molecule is CCc1ccc(C2=NN3[C@H](C2)c2cc(Br)ccc2O[C@H]3c2ccc(Cl)cc2)cc1. The summed E-state index contributed by atoms with van der Waals surface area (Å²) in [7, 11) is 0. The second-order valence-electron chi connectivity index (χ2n) is 7.40. The van der Waals surface area contributed by atoms with Crippen molar-refractivity contribution >= 4 is 33.2 Å². The van der Waals surface area contributed by atoms with Crippen molar-refractivity contribution < 1.29 is 4.74 Å². The lowest BCUT2D eigenvalue weighted by molar-refractivity contribution is -0.0190. The Balaban J connectivity index is 1.57. The number of nitrogens with zero attached hydrogens (tertiary/aromatic N) is 2. The lowest BCUT2D eigenvalue weighted by Gasteiger charge is -2.38. The van der Waals surface area contributed by atoms with Gasteiger partial charge in [-0.25, -0.2) is 5.01 Å². The molecule has 3 nitrogen and oxygen atoms in total. The smallest absolute Gasteiger partial charge is 0.213 e. The van der Waals surface area contributed by atoms with Crippen LogP contribution in [0.1, 0.15) is 47.9 Å². The minimum atomic E-state index is -0.279. The van der Waals surface area contributed by atoms with Crippen molar-refractivity contribution in [1.82, 2.24) is 5.01 Å². The van der Waals surface area contributed by atoms with E-state index in [-0.39, 0.29) is 12.3 Å². The molecule has 5 heteroatoms. The largest absolute Gasteiger partial charge is 0.464 e. The van der Waals surface area contributed by atoms with E-state index in [0.717, 1.165) is 39.9 Å². The number of ether oxygens (including phenoxy) is 1. The topological polar surface area (TPSA) is 24.8 Å². The van der Waals surface area contributed by atoms with Crippen LogP contribution in [0.25, 0.3) is 0 Å². The molecule has 0 saturated carbocycles. The average Bonchev–Trinajstić information content (AvgIpc) is 3.20. The Morgan fingerprint density at radius 2 is 1.83 bits per heavy atom. The third-order valence-corrected chi connectivity index (χ3v) is 6.35. The number of hydrogen-bond acceptors (Lipinski definition) is 3. The lowest BCUT2D eigenvalue weighted by Crippen LogP contribution is -2.33. The van der Waals surface area contributed by atoms with Crippen LogP contribution in [0.15, 0.2) is 76.3 Å². The molecule has 2 aliphatic heterocycles. The third kappa shape index (κ3) is 3.45. The molecule has 0 fully saturated rings. The van der Waals surface area contributed by atoms with Crippen molar-refractivity contribution in [3.63, 3.8) is 0 Å². The molecule has 0 unspecified atom stereocenters. The van der Waals surface area contributed by atoms with Crippen LogP contribution in [0.5, 0.6) is 5.75 Å². The molecule has 5 rings (SSSR count). The van der Waals surface area contributed by atoms with E-state index in [9.17, 15) is 0 Å². The molecule has 0 aliphatic carbocycles. The zero-order valence-corrected chi connectivity index (χ0v) is 18.3. The highest BCUT2D eigenvalue weighted by molar-refractivity contribution is 9.10. The Labute approximate surface area is 184 Å². The van der Waals surface area contributed by atoms with E-state index in [1.165, 1.54) is 11.1 Å². The van der Waals surface area contributed by atoms with E-state index in [4.69, 9.17) is 21.4 Å². The summed E-state index contributed by atoms with van der Waals surface area (Å²) in [5, 5.41) is 7.83. The number of aryl methyl sites for hydroxylation is 1. The van der Waals surface area contributed by atoms with E-state index in [1.54, 1.807) is 0 Å². The Bertz CT molecular complexity index is 1080. The van der Waals surface area contributed by atoms with Crippen molar-refractivity contribution in [2.45, 2.75) is 32.0 Å². The Kier molecular flexibility index (Phi) is 4.84. The summed E-state index contributed by atoms with van der Waals surface area (Å²) in [6.45, 7) is 2.17. The van der Waals surface area contributed by atoms with E-state index in [1.807, 2.05) is 36.4 Å². The van der Waals surface area contributed by atoms with E-state index >= 15 is 0 Å². The van der Waals surface area contributed by atoms with Gasteiger partial charge in [0.15, 0.2) is 0 Å². The number of hydrogen-bond donors (Lipinski definition) is 0. The highest BCUT2D eigenvalue weighted by atomic mass is 79.9. The summed E-state index contributed by atoms with van der Waals surface area (Å²) in [5.41, 5.74) is 5.80. The molecule has 0 spiro atoms. The van der Waals surface area contributed by atoms with Gasteiger partial charge >= 0.3 is 0 Å².